The highest BCUT2D eigenvalue weighted by molar-refractivity contribution is 5.76. The maximum Gasteiger partial charge on any atom is 0.405 e. The zero-order chi connectivity index (χ0) is 15.7. The molecule has 0 bridgehead atoms. The van der Waals surface area contributed by atoms with Crippen molar-refractivity contribution in [1.82, 2.24) is 15.3 Å². The molecule has 6 heteroatoms. The van der Waals surface area contributed by atoms with Gasteiger partial charge in [-0.2, -0.15) is 0 Å². The number of para-hydroxylation sites is 1. The van der Waals surface area contributed by atoms with Crippen molar-refractivity contribution in [3.05, 3.63) is 29.8 Å². The van der Waals surface area contributed by atoms with Crippen LogP contribution < -0.4 is 5.32 Å². The maximum atomic E-state index is 13.8. The molecule has 1 aromatic heterocycles. The Bertz CT molecular complexity index is 677. The molecule has 1 aliphatic carbocycles. The van der Waals surface area contributed by atoms with Crippen LogP contribution in [-0.2, 0) is 0 Å². The number of hydrogen-bond donors (Lipinski definition) is 3. The summed E-state index contributed by atoms with van der Waals surface area (Å²) in [6, 6.07) is 4.29. The molecule has 0 radical (unpaired) electrons. The molecule has 1 aliphatic rings. The number of hydrogen-bond acceptors (Lipinski definition) is 2. The first-order chi connectivity index (χ1) is 10.5. The third-order valence-electron chi connectivity index (χ3n) is 4.59. The fraction of sp³-hybridized carbons (Fsp3) is 0.500. The predicted molar refractivity (Wildman–Crippen MR) is 81.1 cm³/mol. The van der Waals surface area contributed by atoms with Gasteiger partial charge in [-0.25, -0.2) is 14.2 Å². The number of amides is 1. The third-order valence-corrected chi connectivity index (χ3v) is 4.59. The highest BCUT2D eigenvalue weighted by Crippen LogP contribution is 2.36. The summed E-state index contributed by atoms with van der Waals surface area (Å²) in [4.78, 5) is 18.5. The fourth-order valence-corrected chi connectivity index (χ4v) is 3.33. The number of carbonyl (C=O) groups is 1. The zero-order valence-electron chi connectivity index (χ0n) is 12.5. The first-order valence-electron chi connectivity index (χ1n) is 7.68. The van der Waals surface area contributed by atoms with Crippen LogP contribution in [0.5, 0.6) is 0 Å². The first-order valence-corrected chi connectivity index (χ1v) is 7.68. The molecule has 118 valence electrons. The van der Waals surface area contributed by atoms with Crippen molar-refractivity contribution in [2.24, 2.45) is 11.8 Å². The fourth-order valence-electron chi connectivity index (χ4n) is 3.33. The average Bonchev–Trinajstić information content (AvgIpc) is 2.91. The Morgan fingerprint density at radius 2 is 2.14 bits per heavy atom. The number of imidazole rings is 1. The van der Waals surface area contributed by atoms with E-state index in [2.05, 4.69) is 22.2 Å². The van der Waals surface area contributed by atoms with Gasteiger partial charge in [0, 0.05) is 0 Å². The second-order valence-electron chi connectivity index (χ2n) is 6.21. The monoisotopic (exact) mass is 305 g/mol. The number of aromatic nitrogens is 2. The number of nitrogens with one attached hydrogen (secondary N) is 2. The summed E-state index contributed by atoms with van der Waals surface area (Å²) >= 11 is 0. The van der Waals surface area contributed by atoms with Crippen LogP contribution in [0, 0.1) is 17.7 Å². The molecule has 1 amide bonds. The van der Waals surface area contributed by atoms with Gasteiger partial charge in [-0.15, -0.1) is 0 Å². The Morgan fingerprint density at radius 1 is 1.41 bits per heavy atom. The molecule has 5 nitrogen and oxygen atoms in total. The van der Waals surface area contributed by atoms with E-state index in [0.29, 0.717) is 17.3 Å². The van der Waals surface area contributed by atoms with E-state index in [1.807, 2.05) is 0 Å². The minimum Gasteiger partial charge on any atom is -0.465 e. The van der Waals surface area contributed by atoms with Crippen LogP contribution in [-0.4, -0.2) is 21.2 Å². The molecule has 1 saturated carbocycles. The van der Waals surface area contributed by atoms with Gasteiger partial charge in [0.25, 0.3) is 0 Å². The summed E-state index contributed by atoms with van der Waals surface area (Å²) in [6.45, 7) is 2.21. The van der Waals surface area contributed by atoms with Crippen LogP contribution in [0.1, 0.15) is 44.5 Å². The second-order valence-corrected chi connectivity index (χ2v) is 6.21. The Morgan fingerprint density at radius 3 is 2.77 bits per heavy atom. The van der Waals surface area contributed by atoms with Crippen molar-refractivity contribution in [2.45, 2.75) is 38.6 Å². The third kappa shape index (κ3) is 2.91. The summed E-state index contributed by atoms with van der Waals surface area (Å²) in [5.74, 6) is 0.971. The molecule has 0 aliphatic heterocycles. The van der Waals surface area contributed by atoms with Gasteiger partial charge in [0.05, 0.1) is 11.6 Å². The van der Waals surface area contributed by atoms with Gasteiger partial charge in [0.15, 0.2) is 5.82 Å². The molecule has 2 aromatic rings. The van der Waals surface area contributed by atoms with Gasteiger partial charge < -0.3 is 15.4 Å². The lowest BCUT2D eigenvalue weighted by Crippen LogP contribution is -2.34. The Hall–Kier alpha value is -2.11. The van der Waals surface area contributed by atoms with Crippen LogP contribution in [0.25, 0.3) is 11.0 Å². The van der Waals surface area contributed by atoms with E-state index in [9.17, 15) is 9.18 Å². The van der Waals surface area contributed by atoms with E-state index >= 15 is 0 Å². The molecular formula is C16H20FN3O2. The van der Waals surface area contributed by atoms with E-state index in [1.165, 1.54) is 6.07 Å². The summed E-state index contributed by atoms with van der Waals surface area (Å²) in [6.07, 6.45) is 2.98. The molecule has 3 rings (SSSR count). The lowest BCUT2D eigenvalue weighted by molar-refractivity contribution is 0.172. The Kier molecular flexibility index (Phi) is 4.00. The van der Waals surface area contributed by atoms with E-state index in [4.69, 9.17) is 5.11 Å². The van der Waals surface area contributed by atoms with Crippen LogP contribution in [0.2, 0.25) is 0 Å². The van der Waals surface area contributed by atoms with Crippen molar-refractivity contribution in [3.63, 3.8) is 0 Å². The maximum absolute atomic E-state index is 13.8. The van der Waals surface area contributed by atoms with Crippen LogP contribution in [0.3, 0.4) is 0 Å². The molecular weight excluding hydrogens is 285 g/mol. The van der Waals surface area contributed by atoms with Crippen molar-refractivity contribution < 1.29 is 14.3 Å². The minimum absolute atomic E-state index is 0.191. The predicted octanol–water partition coefficient (Wildman–Crippen LogP) is 3.84. The number of H-pyrrole nitrogens is 1. The SMILES string of the molecule is CC1CCC(C(NC(=O)O)c2nc3c(F)cccc3[nH]2)CC1. The molecule has 0 saturated heterocycles. The molecule has 0 spiro atoms. The van der Waals surface area contributed by atoms with Gasteiger partial charge in [0.2, 0.25) is 0 Å². The van der Waals surface area contributed by atoms with Crippen molar-refractivity contribution >= 4 is 17.1 Å². The molecule has 22 heavy (non-hydrogen) atoms. The summed E-state index contributed by atoms with van der Waals surface area (Å²) < 4.78 is 13.8. The van der Waals surface area contributed by atoms with Crippen LogP contribution in [0.4, 0.5) is 9.18 Å². The van der Waals surface area contributed by atoms with E-state index < -0.39 is 18.0 Å². The Labute approximate surface area is 127 Å². The largest absolute Gasteiger partial charge is 0.465 e. The van der Waals surface area contributed by atoms with Gasteiger partial charge in [-0.3, -0.25) is 0 Å². The summed E-state index contributed by atoms with van der Waals surface area (Å²) in [7, 11) is 0. The van der Waals surface area contributed by atoms with Crippen LogP contribution in [0.15, 0.2) is 18.2 Å². The second kappa shape index (κ2) is 5.94. The number of nitrogens with zero attached hydrogens (tertiary/aromatic N) is 1. The van der Waals surface area contributed by atoms with Gasteiger partial charge in [-0.1, -0.05) is 25.8 Å². The molecule has 1 atom stereocenters. The topological polar surface area (TPSA) is 78.0 Å². The Balaban J connectivity index is 1.93. The molecule has 1 aromatic carbocycles. The number of aromatic amines is 1. The summed E-state index contributed by atoms with van der Waals surface area (Å²) in [5, 5.41) is 11.7. The smallest absolute Gasteiger partial charge is 0.405 e. The molecule has 1 heterocycles. The quantitative estimate of drug-likeness (QED) is 0.806. The number of rotatable bonds is 3. The van der Waals surface area contributed by atoms with Gasteiger partial charge >= 0.3 is 6.09 Å². The van der Waals surface area contributed by atoms with Gasteiger partial charge in [0.1, 0.15) is 11.3 Å². The lowest BCUT2D eigenvalue weighted by atomic mass is 9.79. The van der Waals surface area contributed by atoms with Crippen molar-refractivity contribution in [2.75, 3.05) is 0 Å². The van der Waals surface area contributed by atoms with E-state index in [0.717, 1.165) is 25.7 Å². The molecule has 1 fully saturated rings. The minimum atomic E-state index is -1.08. The normalized spacial score (nSPS) is 23.4. The number of carboxylic acid groups (broad SMARTS) is 1. The molecule has 3 N–H and O–H groups in total. The molecule has 1 unspecified atom stereocenters. The number of benzene rings is 1. The first kappa shape index (κ1) is 14.8. The number of halogens is 1. The lowest BCUT2D eigenvalue weighted by Gasteiger charge is -2.31. The summed E-state index contributed by atoms with van der Waals surface area (Å²) in [5.41, 5.74) is 0.857. The van der Waals surface area contributed by atoms with Crippen molar-refractivity contribution in [1.29, 1.82) is 0 Å². The zero-order valence-corrected chi connectivity index (χ0v) is 12.5. The standard InChI is InChI=1S/C16H20FN3O2/c1-9-5-7-10(8-6-9)13(20-16(21)22)15-18-12-4-2-3-11(17)14(12)19-15/h2-4,9-10,13,20H,5-8H2,1H3,(H,18,19)(H,21,22). The van der Waals surface area contributed by atoms with E-state index in [-0.39, 0.29) is 11.4 Å². The highest BCUT2D eigenvalue weighted by atomic mass is 19.1. The highest BCUT2D eigenvalue weighted by Gasteiger charge is 2.30. The van der Waals surface area contributed by atoms with Crippen molar-refractivity contribution in [3.8, 4) is 0 Å². The average molecular weight is 305 g/mol. The van der Waals surface area contributed by atoms with Crippen LogP contribution >= 0.6 is 0 Å². The number of fused-ring (bicyclic) bond motifs is 1. The van der Waals surface area contributed by atoms with E-state index in [1.54, 1.807) is 12.1 Å². The van der Waals surface area contributed by atoms with Gasteiger partial charge in [-0.05, 0) is 36.8 Å².